The van der Waals surface area contributed by atoms with Crippen LogP contribution in [0.2, 0.25) is 0 Å². The summed E-state index contributed by atoms with van der Waals surface area (Å²) in [6.45, 7) is 0. The van der Waals surface area contributed by atoms with Crippen molar-refractivity contribution in [2.75, 3.05) is 5.73 Å². The first-order valence-electron chi connectivity index (χ1n) is 11.4. The van der Waals surface area contributed by atoms with Gasteiger partial charge < -0.3 is 29.5 Å². The summed E-state index contributed by atoms with van der Waals surface area (Å²) in [5, 5.41) is 25.5. The molecule has 0 saturated carbocycles. The Morgan fingerprint density at radius 3 is 2.16 bits per heavy atom. The lowest BCUT2D eigenvalue weighted by atomic mass is 10.1. The van der Waals surface area contributed by atoms with Gasteiger partial charge in [0.05, 0.1) is 26.4 Å². The molecule has 0 unspecified atom stereocenters. The maximum absolute atomic E-state index is 12.3. The molecule has 0 aliphatic rings. The topological polar surface area (TPSA) is 311 Å². The Hall–Kier alpha value is -4.39. The first-order chi connectivity index (χ1) is 20.5. The highest BCUT2D eigenvalue weighted by molar-refractivity contribution is 8.19. The van der Waals surface area contributed by atoms with Crippen molar-refractivity contribution in [2.45, 2.75) is 14.7 Å². The summed E-state index contributed by atoms with van der Waals surface area (Å²) in [7, 11) is -14.4. The van der Waals surface area contributed by atoms with Gasteiger partial charge in [0.15, 0.2) is 10.8 Å². The number of fused-ring (bicyclic) bond motifs is 2. The second kappa shape index (κ2) is 11.0. The van der Waals surface area contributed by atoms with Crippen LogP contribution < -0.4 is 11.2 Å². The maximum Gasteiger partial charge on any atom is 0.296 e. The second-order valence-electron chi connectivity index (χ2n) is 8.74. The van der Waals surface area contributed by atoms with E-state index in [1.807, 2.05) is 0 Å². The van der Waals surface area contributed by atoms with Crippen LogP contribution in [-0.2, 0) is 20.2 Å². The highest BCUT2D eigenvalue weighted by Crippen LogP contribution is 2.56. The molecule has 2 aromatic heterocycles. The Morgan fingerprint density at radius 2 is 1.52 bits per heavy atom. The normalized spacial score (nSPS) is 13.5. The van der Waals surface area contributed by atoms with Crippen molar-refractivity contribution in [3.05, 3.63) is 59.0 Å². The number of nitrogens with zero attached hydrogens (tertiary/aromatic N) is 5. The summed E-state index contributed by atoms with van der Waals surface area (Å²) in [5.74, 6) is -0.959. The van der Waals surface area contributed by atoms with E-state index in [0.29, 0.717) is 11.5 Å². The van der Waals surface area contributed by atoms with Crippen LogP contribution in [0, 0.1) is 0 Å². The summed E-state index contributed by atoms with van der Waals surface area (Å²) in [4.78, 5) is 12.3. The summed E-state index contributed by atoms with van der Waals surface area (Å²) >= 11 is 0.715. The zero-order valence-corrected chi connectivity index (χ0v) is 24.6. The average Bonchev–Trinajstić information content (AvgIpc) is 3.33. The molecule has 0 radical (unpaired) electrons. The molecule has 0 aliphatic carbocycles. The van der Waals surface area contributed by atoms with Gasteiger partial charge in [0.1, 0.15) is 32.8 Å². The first-order valence-corrected chi connectivity index (χ1v) is 16.6. The van der Waals surface area contributed by atoms with E-state index in [1.54, 1.807) is 0 Å². The lowest BCUT2D eigenvalue weighted by Gasteiger charge is -2.22. The van der Waals surface area contributed by atoms with Crippen LogP contribution in [0.4, 0.5) is 27.8 Å². The predicted octanol–water partition coefficient (Wildman–Crippen LogP) is 5.33. The van der Waals surface area contributed by atoms with E-state index in [-0.39, 0.29) is 27.0 Å². The SMILES string of the molecule is Nc1c(N=Nc2snc3ccc(S(=O)(=O)O)cc23)c(S(=O)(=O)O)cc2cc(S(O)(O)O)c(N=Nc3c[nH]ccc3=O)c(O)c12. The number of azo groups is 2. The van der Waals surface area contributed by atoms with Crippen LogP contribution in [0.1, 0.15) is 0 Å². The molecule has 0 saturated heterocycles. The summed E-state index contributed by atoms with van der Waals surface area (Å²) in [5.41, 5.74) is 3.46. The fourth-order valence-corrected chi connectivity index (χ4v) is 6.48. The molecule has 5 aromatic rings. The van der Waals surface area contributed by atoms with Crippen molar-refractivity contribution in [2.24, 2.45) is 20.5 Å². The van der Waals surface area contributed by atoms with Gasteiger partial charge in [-0.1, -0.05) is 0 Å². The van der Waals surface area contributed by atoms with Crippen molar-refractivity contribution in [1.82, 2.24) is 9.36 Å². The molecule has 44 heavy (non-hydrogen) atoms. The molecule has 0 amide bonds. The van der Waals surface area contributed by atoms with E-state index in [4.69, 9.17) is 5.73 Å². The molecule has 0 spiro atoms. The number of aromatic nitrogens is 2. The van der Waals surface area contributed by atoms with Crippen LogP contribution in [0.25, 0.3) is 21.7 Å². The van der Waals surface area contributed by atoms with Crippen molar-refractivity contribution in [3.63, 3.8) is 0 Å². The highest BCUT2D eigenvalue weighted by atomic mass is 32.3. The molecule has 0 aliphatic heterocycles. The molecule has 2 heterocycles. The Morgan fingerprint density at radius 1 is 0.841 bits per heavy atom. The number of nitrogens with one attached hydrogen (secondary N) is 1. The number of benzene rings is 3. The molecular weight excluding hydrogens is 667 g/mol. The maximum atomic E-state index is 12.3. The van der Waals surface area contributed by atoms with E-state index in [2.05, 4.69) is 29.8 Å². The van der Waals surface area contributed by atoms with E-state index in [1.165, 1.54) is 12.3 Å². The number of aromatic amines is 1. The van der Waals surface area contributed by atoms with Crippen LogP contribution in [0.3, 0.4) is 0 Å². The van der Waals surface area contributed by atoms with Gasteiger partial charge in [0, 0.05) is 23.8 Å². The third kappa shape index (κ3) is 5.88. The molecule has 18 nitrogen and oxygen atoms in total. The Bertz CT molecular complexity index is 2330. The van der Waals surface area contributed by atoms with Gasteiger partial charge in [0.2, 0.25) is 5.43 Å². The van der Waals surface area contributed by atoms with E-state index >= 15 is 0 Å². The van der Waals surface area contributed by atoms with Crippen LogP contribution in [0.5, 0.6) is 5.75 Å². The Labute approximate surface area is 251 Å². The van der Waals surface area contributed by atoms with Crippen molar-refractivity contribution < 1.29 is 44.7 Å². The number of anilines is 1. The van der Waals surface area contributed by atoms with Crippen molar-refractivity contribution in [3.8, 4) is 5.75 Å². The zero-order valence-electron chi connectivity index (χ0n) is 21.3. The van der Waals surface area contributed by atoms with E-state index in [0.717, 1.165) is 36.5 Å². The molecule has 230 valence electrons. The second-order valence-corrected chi connectivity index (χ2v) is 13.8. The highest BCUT2D eigenvalue weighted by Gasteiger charge is 2.29. The Balaban J connectivity index is 1.77. The van der Waals surface area contributed by atoms with E-state index < -0.39 is 79.4 Å². The zero-order chi connectivity index (χ0) is 32.2. The third-order valence-electron chi connectivity index (χ3n) is 5.92. The summed E-state index contributed by atoms with van der Waals surface area (Å²) in [6.07, 6.45) is 2.45. The smallest absolute Gasteiger partial charge is 0.296 e. The number of pyridine rings is 1. The molecule has 3 aromatic carbocycles. The van der Waals surface area contributed by atoms with Gasteiger partial charge in [-0.25, -0.2) is 0 Å². The molecule has 0 atom stereocenters. The fourth-order valence-electron chi connectivity index (χ4n) is 3.94. The largest absolute Gasteiger partial charge is 0.505 e. The Kier molecular flexibility index (Phi) is 7.73. The number of hydrogen-bond acceptors (Lipinski definition) is 16. The van der Waals surface area contributed by atoms with Crippen LogP contribution in [-0.4, -0.2) is 54.1 Å². The van der Waals surface area contributed by atoms with Gasteiger partial charge in [-0.15, -0.1) is 20.5 Å². The number of H-pyrrole nitrogens is 1. The lowest BCUT2D eigenvalue weighted by Crippen LogP contribution is -2.03. The standard InChI is InChI=1S/C22H17N7O11S4/c23-18-17-9(6-16(44(38,39)40)20(21(17)31)27-25-13-8-24-4-3-14(13)30)5-15(43(35,36)37)19(18)26-28-22-11-7-10(42(32,33)34)1-2-12(11)29-41-22/h1-8,31,38-40H,23H2,(H,24,30)(H,32,33,34)(H,35,36,37). The van der Waals surface area contributed by atoms with Gasteiger partial charge in [-0.2, -0.15) is 21.2 Å². The fraction of sp³-hybridized carbons (Fsp3) is 0. The predicted molar refractivity (Wildman–Crippen MR) is 158 cm³/mol. The average molecular weight is 684 g/mol. The number of phenolic OH excluding ortho intramolecular Hbond substituents is 1. The molecule has 0 fully saturated rings. The number of nitrogen functional groups attached to an aromatic ring is 1. The van der Waals surface area contributed by atoms with Gasteiger partial charge in [-0.05, 0) is 47.3 Å². The van der Waals surface area contributed by atoms with Gasteiger partial charge >= 0.3 is 0 Å². The minimum absolute atomic E-state index is 0.0670. The lowest BCUT2D eigenvalue weighted by molar-refractivity contribution is 0.375. The minimum Gasteiger partial charge on any atom is -0.505 e. The van der Waals surface area contributed by atoms with Crippen molar-refractivity contribution in [1.29, 1.82) is 0 Å². The van der Waals surface area contributed by atoms with Crippen LogP contribution >= 0.6 is 22.4 Å². The molecule has 5 rings (SSSR count). The van der Waals surface area contributed by atoms with Crippen LogP contribution in [0.15, 0.2) is 88.7 Å². The molecular formula is C22H17N7O11S4. The number of phenols is 1. The van der Waals surface area contributed by atoms with Gasteiger partial charge in [-0.3, -0.25) is 13.9 Å². The first kappa shape index (κ1) is 31.0. The number of nitrogens with two attached hydrogens (primary N) is 1. The third-order valence-corrected chi connectivity index (χ3v) is 9.30. The number of aromatic hydroxyl groups is 1. The minimum atomic E-state index is -5.13. The number of hydrogen-bond donors (Lipinski definition) is 8. The molecule has 22 heteroatoms. The van der Waals surface area contributed by atoms with Crippen molar-refractivity contribution >= 4 is 92.1 Å². The summed E-state index contributed by atoms with van der Waals surface area (Å²) in [6, 6.07) is 6.09. The quantitative estimate of drug-likeness (QED) is 0.0611. The summed E-state index contributed by atoms with van der Waals surface area (Å²) < 4.78 is 101. The monoisotopic (exact) mass is 683 g/mol. The number of rotatable bonds is 7. The molecule has 9 N–H and O–H groups in total. The molecule has 0 bridgehead atoms. The van der Waals surface area contributed by atoms with Gasteiger partial charge in [0.25, 0.3) is 20.2 Å². The van der Waals surface area contributed by atoms with E-state index in [9.17, 15) is 49.5 Å².